The maximum Gasteiger partial charge on any atom is 0.308 e. The van der Waals surface area contributed by atoms with Crippen LogP contribution in [0.5, 0.6) is 0 Å². The summed E-state index contributed by atoms with van der Waals surface area (Å²) in [5, 5.41) is 11.9. The average molecular weight is 315 g/mol. The van der Waals surface area contributed by atoms with Crippen LogP contribution in [0.15, 0.2) is 24.3 Å². The van der Waals surface area contributed by atoms with Crippen molar-refractivity contribution in [2.45, 2.75) is 25.8 Å². The molecule has 0 saturated carbocycles. The third-order valence-corrected chi connectivity index (χ3v) is 4.30. The van der Waals surface area contributed by atoms with Gasteiger partial charge in [-0.15, -0.1) is 0 Å². The molecule has 0 radical (unpaired) electrons. The van der Waals surface area contributed by atoms with E-state index in [9.17, 15) is 9.59 Å². The first-order valence-electron chi connectivity index (χ1n) is 7.68. The molecule has 6 heteroatoms. The lowest BCUT2D eigenvalue weighted by atomic mass is 9.96. The fourth-order valence-corrected chi connectivity index (χ4v) is 2.78. The smallest absolute Gasteiger partial charge is 0.308 e. The topological polar surface area (TPSA) is 82.4 Å². The van der Waals surface area contributed by atoms with E-state index in [-0.39, 0.29) is 23.8 Å². The second kappa shape index (κ2) is 7.75. The molecule has 1 aromatic carbocycles. The normalized spacial score (nSPS) is 17.1. The molecule has 6 nitrogen and oxygen atoms in total. The molecule has 1 N–H and O–H groups in total. The Morgan fingerprint density at radius 3 is 2.61 bits per heavy atom. The van der Waals surface area contributed by atoms with Crippen LogP contribution in [0, 0.1) is 17.2 Å². The second-order valence-corrected chi connectivity index (χ2v) is 5.66. The highest BCUT2D eigenvalue weighted by Gasteiger charge is 2.30. The van der Waals surface area contributed by atoms with Gasteiger partial charge in [0.1, 0.15) is 6.07 Å². The van der Waals surface area contributed by atoms with Gasteiger partial charge in [-0.2, -0.15) is 5.26 Å². The van der Waals surface area contributed by atoms with Crippen LogP contribution in [0.3, 0.4) is 0 Å². The van der Waals surface area contributed by atoms with Gasteiger partial charge in [0.05, 0.1) is 30.3 Å². The molecule has 0 aliphatic carbocycles. The number of hydrogen-bond acceptors (Lipinski definition) is 5. The highest BCUT2D eigenvalue weighted by molar-refractivity contribution is 5.95. The molecule has 1 saturated heterocycles. The third kappa shape index (κ3) is 4.08. The molecule has 2 rings (SSSR count). The average Bonchev–Trinajstić information content (AvgIpc) is 2.61. The van der Waals surface area contributed by atoms with E-state index in [1.807, 2.05) is 11.8 Å². The van der Waals surface area contributed by atoms with Crippen LogP contribution >= 0.6 is 0 Å². The van der Waals surface area contributed by atoms with E-state index in [4.69, 9.17) is 10.00 Å². The predicted octanol–water partition coefficient (Wildman–Crippen LogP) is 1.77. The Morgan fingerprint density at radius 1 is 1.35 bits per heavy atom. The number of hydrogen-bond donors (Lipinski definition) is 1. The first kappa shape index (κ1) is 17.0. The minimum Gasteiger partial charge on any atom is -0.469 e. The molecule has 1 fully saturated rings. The van der Waals surface area contributed by atoms with Gasteiger partial charge < -0.3 is 10.1 Å². The zero-order valence-electron chi connectivity index (χ0n) is 13.4. The Morgan fingerprint density at radius 2 is 2.00 bits per heavy atom. The molecule has 0 spiro atoms. The van der Waals surface area contributed by atoms with Crippen LogP contribution in [0.25, 0.3) is 0 Å². The molecular weight excluding hydrogens is 294 g/mol. The van der Waals surface area contributed by atoms with Gasteiger partial charge in [0, 0.05) is 0 Å². The van der Waals surface area contributed by atoms with E-state index in [1.165, 1.54) is 7.11 Å². The standard InChI is InChI=1S/C17H21N3O3/c1-12(20-9-7-13(8-10-20)17(22)23-2)16(21)19-15-6-4-3-5-14(15)11-18/h3-6,12-13H,7-10H2,1-2H3,(H,19,21)/t12-/m1/s1. The molecular formula is C17H21N3O3. The predicted molar refractivity (Wildman–Crippen MR) is 85.6 cm³/mol. The van der Waals surface area contributed by atoms with Crippen LogP contribution in [-0.2, 0) is 14.3 Å². The van der Waals surface area contributed by atoms with Crippen molar-refractivity contribution in [3.05, 3.63) is 29.8 Å². The number of nitriles is 1. The number of rotatable bonds is 4. The van der Waals surface area contributed by atoms with E-state index in [0.29, 0.717) is 37.2 Å². The summed E-state index contributed by atoms with van der Waals surface area (Å²) in [6.07, 6.45) is 1.39. The summed E-state index contributed by atoms with van der Waals surface area (Å²) in [7, 11) is 1.40. The van der Waals surface area contributed by atoms with E-state index < -0.39 is 0 Å². The molecule has 1 aromatic rings. The van der Waals surface area contributed by atoms with Crippen LogP contribution in [-0.4, -0.2) is 43.0 Å². The van der Waals surface area contributed by atoms with Crippen molar-refractivity contribution in [2.24, 2.45) is 5.92 Å². The van der Waals surface area contributed by atoms with Gasteiger partial charge in [-0.3, -0.25) is 14.5 Å². The molecule has 0 aromatic heterocycles. The first-order chi connectivity index (χ1) is 11.1. The number of amides is 1. The second-order valence-electron chi connectivity index (χ2n) is 5.66. The summed E-state index contributed by atoms with van der Waals surface area (Å²) >= 11 is 0. The van der Waals surface area contributed by atoms with Crippen molar-refractivity contribution in [3.8, 4) is 6.07 Å². The summed E-state index contributed by atoms with van der Waals surface area (Å²) in [4.78, 5) is 26.0. The van der Waals surface area contributed by atoms with Crippen molar-refractivity contribution in [2.75, 3.05) is 25.5 Å². The molecule has 1 atom stereocenters. The van der Waals surface area contributed by atoms with Crippen LogP contribution in [0.1, 0.15) is 25.3 Å². The SMILES string of the molecule is COC(=O)C1CCN([C@H](C)C(=O)Nc2ccccc2C#N)CC1. The number of nitrogens with one attached hydrogen (secondary N) is 1. The minimum atomic E-state index is -0.319. The van der Waals surface area contributed by atoms with Crippen molar-refractivity contribution in [1.82, 2.24) is 4.90 Å². The van der Waals surface area contributed by atoms with Gasteiger partial charge in [-0.1, -0.05) is 12.1 Å². The summed E-state index contributed by atoms with van der Waals surface area (Å²) in [6, 6.07) is 8.67. The minimum absolute atomic E-state index is 0.0779. The Bertz CT molecular complexity index is 616. The number of esters is 1. The highest BCUT2D eigenvalue weighted by atomic mass is 16.5. The van der Waals surface area contributed by atoms with Crippen molar-refractivity contribution in [3.63, 3.8) is 0 Å². The van der Waals surface area contributed by atoms with Gasteiger partial charge in [-0.05, 0) is 45.0 Å². The number of likely N-dealkylation sites (tertiary alicyclic amines) is 1. The van der Waals surface area contributed by atoms with E-state index in [2.05, 4.69) is 11.4 Å². The molecule has 23 heavy (non-hydrogen) atoms. The zero-order valence-corrected chi connectivity index (χ0v) is 13.4. The number of carbonyl (C=O) groups is 2. The summed E-state index contributed by atoms with van der Waals surface area (Å²) in [5.41, 5.74) is 0.966. The first-order valence-corrected chi connectivity index (χ1v) is 7.68. The summed E-state index contributed by atoms with van der Waals surface area (Å²) in [5.74, 6) is -0.403. The summed E-state index contributed by atoms with van der Waals surface area (Å²) in [6.45, 7) is 3.19. The summed E-state index contributed by atoms with van der Waals surface area (Å²) < 4.78 is 4.77. The van der Waals surface area contributed by atoms with E-state index in [1.54, 1.807) is 24.3 Å². The van der Waals surface area contributed by atoms with Gasteiger partial charge in [-0.25, -0.2) is 0 Å². The fraction of sp³-hybridized carbons (Fsp3) is 0.471. The number of para-hydroxylation sites is 1. The van der Waals surface area contributed by atoms with E-state index in [0.717, 1.165) is 0 Å². The largest absolute Gasteiger partial charge is 0.469 e. The van der Waals surface area contributed by atoms with Crippen molar-refractivity contribution >= 4 is 17.6 Å². The fourth-order valence-electron chi connectivity index (χ4n) is 2.78. The molecule has 1 aliphatic rings. The maximum absolute atomic E-state index is 12.4. The molecule has 0 bridgehead atoms. The number of nitrogens with zero attached hydrogens (tertiary/aromatic N) is 2. The van der Waals surface area contributed by atoms with Crippen LogP contribution < -0.4 is 5.32 Å². The highest BCUT2D eigenvalue weighted by Crippen LogP contribution is 2.21. The molecule has 1 heterocycles. The van der Waals surface area contributed by atoms with Gasteiger partial charge in [0.15, 0.2) is 0 Å². The van der Waals surface area contributed by atoms with Gasteiger partial charge >= 0.3 is 5.97 Å². The number of piperidine rings is 1. The Labute approximate surface area is 136 Å². The van der Waals surface area contributed by atoms with E-state index >= 15 is 0 Å². The molecule has 0 unspecified atom stereocenters. The number of methoxy groups -OCH3 is 1. The lowest BCUT2D eigenvalue weighted by Gasteiger charge is -2.34. The third-order valence-electron chi connectivity index (χ3n) is 4.30. The van der Waals surface area contributed by atoms with Crippen molar-refractivity contribution in [1.29, 1.82) is 5.26 Å². The monoisotopic (exact) mass is 315 g/mol. The Kier molecular flexibility index (Phi) is 5.72. The number of benzene rings is 1. The molecule has 122 valence electrons. The maximum atomic E-state index is 12.4. The lowest BCUT2D eigenvalue weighted by Crippen LogP contribution is -2.47. The number of anilines is 1. The van der Waals surface area contributed by atoms with Crippen LogP contribution in [0.4, 0.5) is 5.69 Å². The number of carbonyl (C=O) groups excluding carboxylic acids is 2. The Balaban J connectivity index is 1.93. The van der Waals surface area contributed by atoms with Crippen molar-refractivity contribution < 1.29 is 14.3 Å². The molecule has 1 amide bonds. The quantitative estimate of drug-likeness (QED) is 0.856. The molecule has 1 aliphatic heterocycles. The zero-order chi connectivity index (χ0) is 16.8. The lowest BCUT2D eigenvalue weighted by molar-refractivity contribution is -0.147. The Hall–Kier alpha value is -2.39. The van der Waals surface area contributed by atoms with Gasteiger partial charge in [0.2, 0.25) is 5.91 Å². The number of ether oxygens (including phenoxy) is 1. The van der Waals surface area contributed by atoms with Crippen LogP contribution in [0.2, 0.25) is 0 Å². The van der Waals surface area contributed by atoms with Gasteiger partial charge in [0.25, 0.3) is 0 Å².